The molecule has 0 aliphatic heterocycles. The average Bonchev–Trinajstić information content (AvgIpc) is 2.26. The van der Waals surface area contributed by atoms with E-state index in [4.69, 9.17) is 10.5 Å². The zero-order chi connectivity index (χ0) is 13.1. The molecule has 0 aliphatic carbocycles. The van der Waals surface area contributed by atoms with E-state index in [0.717, 1.165) is 6.07 Å². The Morgan fingerprint density at radius 3 is 2.53 bits per heavy atom. The minimum Gasteiger partial charge on any atom is -0.379 e. The molecule has 96 valence electrons. The van der Waals surface area contributed by atoms with Gasteiger partial charge in [0.1, 0.15) is 11.6 Å². The molecule has 0 heterocycles. The van der Waals surface area contributed by atoms with Gasteiger partial charge in [-0.1, -0.05) is 6.07 Å². The van der Waals surface area contributed by atoms with Crippen LogP contribution < -0.4 is 5.73 Å². The molecule has 0 saturated heterocycles. The van der Waals surface area contributed by atoms with E-state index < -0.39 is 17.7 Å². The van der Waals surface area contributed by atoms with Crippen molar-refractivity contribution in [3.05, 3.63) is 35.4 Å². The van der Waals surface area contributed by atoms with Crippen LogP contribution >= 0.6 is 0 Å². The van der Waals surface area contributed by atoms with Crippen LogP contribution in [-0.2, 0) is 4.74 Å². The fourth-order valence-electron chi connectivity index (χ4n) is 1.56. The number of methoxy groups -OCH3 is 1. The van der Waals surface area contributed by atoms with Gasteiger partial charge in [-0.25, -0.2) is 8.78 Å². The number of nitrogens with two attached hydrogens (primary N) is 1. The van der Waals surface area contributed by atoms with Gasteiger partial charge >= 0.3 is 0 Å². The molecule has 2 N–H and O–H groups in total. The van der Waals surface area contributed by atoms with Crippen LogP contribution in [0.15, 0.2) is 18.2 Å². The first kappa shape index (κ1) is 14.1. The van der Waals surface area contributed by atoms with Crippen LogP contribution in [-0.4, -0.2) is 12.7 Å². The summed E-state index contributed by atoms with van der Waals surface area (Å²) in [6.45, 7) is 3.89. The minimum atomic E-state index is -0.590. The van der Waals surface area contributed by atoms with Crippen LogP contribution in [0.25, 0.3) is 0 Å². The number of halogens is 2. The van der Waals surface area contributed by atoms with E-state index in [1.165, 1.54) is 12.1 Å². The van der Waals surface area contributed by atoms with Crippen molar-refractivity contribution in [1.29, 1.82) is 0 Å². The molecular formula is C13H19F2NO. The highest BCUT2D eigenvalue weighted by Crippen LogP contribution is 2.24. The van der Waals surface area contributed by atoms with Gasteiger partial charge in [0, 0.05) is 24.8 Å². The van der Waals surface area contributed by atoms with E-state index in [9.17, 15) is 8.78 Å². The Balaban J connectivity index is 2.67. The first-order valence-electron chi connectivity index (χ1n) is 5.61. The molecule has 0 amide bonds. The molecule has 17 heavy (non-hydrogen) atoms. The zero-order valence-corrected chi connectivity index (χ0v) is 10.5. The van der Waals surface area contributed by atoms with Gasteiger partial charge < -0.3 is 10.5 Å². The minimum absolute atomic E-state index is 0.284. The normalized spacial score (nSPS) is 13.8. The SMILES string of the molecule is COC(C)(C)CCC(N)c1ccc(F)cc1F. The molecular weight excluding hydrogens is 224 g/mol. The average molecular weight is 243 g/mol. The fourth-order valence-corrected chi connectivity index (χ4v) is 1.56. The van der Waals surface area contributed by atoms with E-state index in [0.29, 0.717) is 18.4 Å². The van der Waals surface area contributed by atoms with Crippen LogP contribution in [0.3, 0.4) is 0 Å². The summed E-state index contributed by atoms with van der Waals surface area (Å²) in [6.07, 6.45) is 1.30. The molecule has 1 atom stereocenters. The number of hydrogen-bond acceptors (Lipinski definition) is 2. The van der Waals surface area contributed by atoms with E-state index in [-0.39, 0.29) is 5.60 Å². The highest BCUT2D eigenvalue weighted by molar-refractivity contribution is 5.21. The van der Waals surface area contributed by atoms with Crippen molar-refractivity contribution in [1.82, 2.24) is 0 Å². The van der Waals surface area contributed by atoms with Crippen LogP contribution in [0.5, 0.6) is 0 Å². The fraction of sp³-hybridized carbons (Fsp3) is 0.538. The van der Waals surface area contributed by atoms with Crippen LogP contribution in [0.1, 0.15) is 38.3 Å². The second kappa shape index (κ2) is 5.56. The third-order valence-electron chi connectivity index (χ3n) is 2.97. The van der Waals surface area contributed by atoms with Gasteiger partial charge in [0.15, 0.2) is 0 Å². The van der Waals surface area contributed by atoms with Crippen molar-refractivity contribution in [3.8, 4) is 0 Å². The molecule has 1 rings (SSSR count). The third kappa shape index (κ3) is 4.06. The van der Waals surface area contributed by atoms with E-state index in [1.54, 1.807) is 7.11 Å². The molecule has 0 radical (unpaired) electrons. The van der Waals surface area contributed by atoms with Crippen LogP contribution in [0.4, 0.5) is 8.78 Å². The number of benzene rings is 1. The Kier molecular flexibility index (Phi) is 4.60. The van der Waals surface area contributed by atoms with Crippen molar-refractivity contribution in [3.63, 3.8) is 0 Å². The highest BCUT2D eigenvalue weighted by Gasteiger charge is 2.19. The maximum Gasteiger partial charge on any atom is 0.130 e. The van der Waals surface area contributed by atoms with Crippen LogP contribution in [0.2, 0.25) is 0 Å². The van der Waals surface area contributed by atoms with Crippen molar-refractivity contribution in [2.75, 3.05) is 7.11 Å². The molecule has 0 saturated carbocycles. The molecule has 1 aromatic rings. The summed E-state index contributed by atoms with van der Waals surface area (Å²) >= 11 is 0. The molecule has 0 bridgehead atoms. The summed E-state index contributed by atoms with van der Waals surface area (Å²) in [4.78, 5) is 0. The summed E-state index contributed by atoms with van der Waals surface area (Å²) < 4.78 is 31.5. The number of hydrogen-bond donors (Lipinski definition) is 1. The van der Waals surface area contributed by atoms with E-state index >= 15 is 0 Å². The van der Waals surface area contributed by atoms with Crippen molar-refractivity contribution in [2.45, 2.75) is 38.3 Å². The number of rotatable bonds is 5. The maximum absolute atomic E-state index is 13.5. The van der Waals surface area contributed by atoms with Crippen LogP contribution in [0, 0.1) is 11.6 Å². The lowest BCUT2D eigenvalue weighted by molar-refractivity contribution is 0.0124. The second-order valence-electron chi connectivity index (χ2n) is 4.77. The second-order valence-corrected chi connectivity index (χ2v) is 4.77. The Morgan fingerprint density at radius 2 is 2.00 bits per heavy atom. The highest BCUT2D eigenvalue weighted by atomic mass is 19.1. The first-order chi connectivity index (χ1) is 7.85. The van der Waals surface area contributed by atoms with Gasteiger partial charge in [0.2, 0.25) is 0 Å². The van der Waals surface area contributed by atoms with Crippen molar-refractivity contribution >= 4 is 0 Å². The molecule has 0 aliphatic rings. The summed E-state index contributed by atoms with van der Waals surface area (Å²) in [6, 6.07) is 3.04. The predicted molar refractivity (Wildman–Crippen MR) is 63.6 cm³/mol. The Hall–Kier alpha value is -1.00. The maximum atomic E-state index is 13.5. The standard InChI is InChI=1S/C13H19F2NO/c1-13(2,17-3)7-6-12(16)10-5-4-9(14)8-11(10)15/h4-5,8,12H,6-7,16H2,1-3H3. The lowest BCUT2D eigenvalue weighted by atomic mass is 9.95. The zero-order valence-electron chi connectivity index (χ0n) is 10.5. The van der Waals surface area contributed by atoms with E-state index in [2.05, 4.69) is 0 Å². The quantitative estimate of drug-likeness (QED) is 0.862. The summed E-state index contributed by atoms with van der Waals surface area (Å²) in [5, 5.41) is 0. The Morgan fingerprint density at radius 1 is 1.35 bits per heavy atom. The Bertz CT molecular complexity index is 380. The summed E-state index contributed by atoms with van der Waals surface area (Å²) in [5.41, 5.74) is 5.95. The number of ether oxygens (including phenoxy) is 1. The van der Waals surface area contributed by atoms with Gasteiger partial charge in [0.25, 0.3) is 0 Å². The largest absolute Gasteiger partial charge is 0.379 e. The van der Waals surface area contributed by atoms with Gasteiger partial charge in [-0.2, -0.15) is 0 Å². The van der Waals surface area contributed by atoms with Crippen molar-refractivity contribution < 1.29 is 13.5 Å². The predicted octanol–water partition coefficient (Wildman–Crippen LogP) is 3.17. The molecule has 0 spiro atoms. The smallest absolute Gasteiger partial charge is 0.130 e. The summed E-state index contributed by atoms with van der Waals surface area (Å²) in [5.74, 6) is -1.18. The van der Waals surface area contributed by atoms with Gasteiger partial charge in [-0.15, -0.1) is 0 Å². The molecule has 1 aromatic carbocycles. The monoisotopic (exact) mass is 243 g/mol. The lowest BCUT2D eigenvalue weighted by Crippen LogP contribution is -2.25. The lowest BCUT2D eigenvalue weighted by Gasteiger charge is -2.24. The van der Waals surface area contributed by atoms with Gasteiger partial charge in [-0.3, -0.25) is 0 Å². The molecule has 0 fully saturated rings. The molecule has 4 heteroatoms. The van der Waals surface area contributed by atoms with Gasteiger partial charge in [-0.05, 0) is 32.8 Å². The summed E-state index contributed by atoms with van der Waals surface area (Å²) in [7, 11) is 1.63. The third-order valence-corrected chi connectivity index (χ3v) is 2.97. The Labute approximate surface area is 101 Å². The first-order valence-corrected chi connectivity index (χ1v) is 5.61. The molecule has 1 unspecified atom stereocenters. The van der Waals surface area contributed by atoms with Gasteiger partial charge in [0.05, 0.1) is 5.60 Å². The molecule has 2 nitrogen and oxygen atoms in total. The topological polar surface area (TPSA) is 35.2 Å². The van der Waals surface area contributed by atoms with Crippen molar-refractivity contribution in [2.24, 2.45) is 5.73 Å². The molecule has 0 aromatic heterocycles. The van der Waals surface area contributed by atoms with E-state index in [1.807, 2.05) is 13.8 Å².